The smallest absolute Gasteiger partial charge is 0.0409 e. The van der Waals surface area contributed by atoms with E-state index < -0.39 is 0 Å². The maximum Gasteiger partial charge on any atom is 0.0409 e. The summed E-state index contributed by atoms with van der Waals surface area (Å²) >= 11 is 6.15. The number of benzene rings is 1. The summed E-state index contributed by atoms with van der Waals surface area (Å²) in [5.41, 5.74) is 1.79. The molecule has 0 aromatic heterocycles. The van der Waals surface area contributed by atoms with Crippen LogP contribution in [0.4, 0.5) is 0 Å². The second-order valence-corrected chi connectivity index (χ2v) is 7.11. The van der Waals surface area contributed by atoms with Gasteiger partial charge in [0.1, 0.15) is 0 Å². The molecule has 1 aliphatic heterocycles. The van der Waals surface area contributed by atoms with E-state index in [1.807, 2.05) is 6.07 Å². The fourth-order valence-corrected chi connectivity index (χ4v) is 3.49. The Hall–Kier alpha value is -0.570. The molecule has 1 fully saturated rings. The first-order valence-corrected chi connectivity index (χ1v) is 8.59. The molecule has 0 aliphatic carbocycles. The first-order chi connectivity index (χ1) is 9.97. The lowest BCUT2D eigenvalue weighted by atomic mass is 9.82. The van der Waals surface area contributed by atoms with E-state index >= 15 is 0 Å². The van der Waals surface area contributed by atoms with Crippen LogP contribution in [0, 0.1) is 0 Å². The van der Waals surface area contributed by atoms with Gasteiger partial charge in [-0.05, 0) is 43.9 Å². The fourth-order valence-electron chi connectivity index (χ4n) is 3.28. The van der Waals surface area contributed by atoms with Crippen molar-refractivity contribution in [1.29, 1.82) is 0 Å². The molecule has 1 aromatic carbocycles. The third-order valence-corrected chi connectivity index (χ3v) is 5.71. The molecule has 0 spiro atoms. The summed E-state index contributed by atoms with van der Waals surface area (Å²) in [5, 5.41) is 4.66. The van der Waals surface area contributed by atoms with Crippen LogP contribution >= 0.6 is 11.6 Å². The quantitative estimate of drug-likeness (QED) is 0.863. The van der Waals surface area contributed by atoms with Crippen molar-refractivity contribution in [3.63, 3.8) is 0 Å². The number of nitrogens with one attached hydrogen (secondary N) is 1. The third-order valence-electron chi connectivity index (χ3n) is 5.48. The van der Waals surface area contributed by atoms with Crippen LogP contribution in [0.25, 0.3) is 0 Å². The average molecular weight is 309 g/mol. The summed E-state index contributed by atoms with van der Waals surface area (Å²) in [6.45, 7) is 12.4. The molecule has 1 unspecified atom stereocenters. The predicted octanol–water partition coefficient (Wildman–Crippen LogP) is 4.47. The fraction of sp³-hybridized carbons (Fsp3) is 0.667. The van der Waals surface area contributed by atoms with Crippen molar-refractivity contribution >= 4 is 11.6 Å². The van der Waals surface area contributed by atoms with Crippen LogP contribution in [0.5, 0.6) is 0 Å². The zero-order chi connectivity index (χ0) is 15.5. The van der Waals surface area contributed by atoms with Crippen LogP contribution in [0.15, 0.2) is 24.3 Å². The summed E-state index contributed by atoms with van der Waals surface area (Å²) in [6, 6.07) is 8.28. The normalized spacial score (nSPS) is 26.0. The van der Waals surface area contributed by atoms with E-state index in [0.29, 0.717) is 0 Å². The van der Waals surface area contributed by atoms with E-state index in [1.54, 1.807) is 0 Å². The molecule has 0 saturated carbocycles. The monoisotopic (exact) mass is 308 g/mol. The Kier molecular flexibility index (Phi) is 5.34. The Balaban J connectivity index is 2.22. The lowest BCUT2D eigenvalue weighted by molar-refractivity contribution is 0.00276. The Morgan fingerprint density at radius 2 is 1.90 bits per heavy atom. The van der Waals surface area contributed by atoms with Crippen molar-refractivity contribution in [1.82, 2.24) is 10.2 Å². The minimum absolute atomic E-state index is 0.218. The highest BCUT2D eigenvalue weighted by Gasteiger charge is 2.42. The largest absolute Gasteiger partial charge is 0.308 e. The Morgan fingerprint density at radius 3 is 2.48 bits per heavy atom. The maximum atomic E-state index is 6.15. The predicted molar refractivity (Wildman–Crippen MR) is 91.9 cm³/mol. The molecule has 0 radical (unpaired) electrons. The summed E-state index contributed by atoms with van der Waals surface area (Å²) < 4.78 is 0. The first kappa shape index (κ1) is 16.8. The molecule has 1 saturated heterocycles. The van der Waals surface area contributed by atoms with Gasteiger partial charge in [-0.2, -0.15) is 0 Å². The Bertz CT molecular complexity index is 470. The van der Waals surface area contributed by atoms with E-state index in [1.165, 1.54) is 18.4 Å². The molecule has 1 N–H and O–H groups in total. The van der Waals surface area contributed by atoms with Gasteiger partial charge in [-0.25, -0.2) is 0 Å². The number of halogens is 1. The molecule has 2 nitrogen and oxygen atoms in total. The van der Waals surface area contributed by atoms with Crippen molar-refractivity contribution in [2.75, 3.05) is 13.1 Å². The molecule has 1 aliphatic rings. The lowest BCUT2D eigenvalue weighted by Crippen LogP contribution is -2.68. The molecule has 1 heterocycles. The molecule has 1 atom stereocenters. The highest BCUT2D eigenvalue weighted by Crippen LogP contribution is 2.32. The van der Waals surface area contributed by atoms with Crippen LogP contribution < -0.4 is 5.32 Å². The second kappa shape index (κ2) is 6.68. The summed E-state index contributed by atoms with van der Waals surface area (Å²) in [7, 11) is 0. The highest BCUT2D eigenvalue weighted by atomic mass is 35.5. The molecule has 3 heteroatoms. The molecule has 21 heavy (non-hydrogen) atoms. The van der Waals surface area contributed by atoms with Gasteiger partial charge in [0.05, 0.1) is 0 Å². The highest BCUT2D eigenvalue weighted by molar-refractivity contribution is 6.30. The van der Waals surface area contributed by atoms with Gasteiger partial charge in [0.2, 0.25) is 0 Å². The van der Waals surface area contributed by atoms with Crippen LogP contribution in [0.1, 0.15) is 52.5 Å². The van der Waals surface area contributed by atoms with E-state index in [0.717, 1.165) is 31.1 Å². The van der Waals surface area contributed by atoms with E-state index in [9.17, 15) is 0 Å². The van der Waals surface area contributed by atoms with Crippen molar-refractivity contribution in [3.05, 3.63) is 34.9 Å². The van der Waals surface area contributed by atoms with Crippen LogP contribution in [0.3, 0.4) is 0 Å². The van der Waals surface area contributed by atoms with Crippen LogP contribution in [-0.2, 0) is 6.54 Å². The van der Waals surface area contributed by atoms with E-state index in [-0.39, 0.29) is 11.1 Å². The molecular weight excluding hydrogens is 280 g/mol. The number of piperazine rings is 1. The molecule has 1 aromatic rings. The number of rotatable bonds is 5. The Morgan fingerprint density at radius 1 is 1.19 bits per heavy atom. The summed E-state index contributed by atoms with van der Waals surface area (Å²) in [5.74, 6) is 0. The molecular formula is C18H29ClN2. The topological polar surface area (TPSA) is 15.3 Å². The SMILES string of the molecule is CCC1(CC)CN(Cc2cccc(Cl)c2)C(C)(CC)CN1. The van der Waals surface area contributed by atoms with Gasteiger partial charge in [-0.3, -0.25) is 4.90 Å². The zero-order valence-electron chi connectivity index (χ0n) is 13.9. The number of hydrogen-bond donors (Lipinski definition) is 1. The van der Waals surface area contributed by atoms with E-state index in [4.69, 9.17) is 11.6 Å². The van der Waals surface area contributed by atoms with Gasteiger partial charge in [0.25, 0.3) is 0 Å². The first-order valence-electron chi connectivity index (χ1n) is 8.21. The van der Waals surface area contributed by atoms with Gasteiger partial charge in [-0.1, -0.05) is 44.5 Å². The minimum Gasteiger partial charge on any atom is -0.308 e. The van der Waals surface area contributed by atoms with Gasteiger partial charge in [-0.15, -0.1) is 0 Å². The minimum atomic E-state index is 0.218. The van der Waals surface area contributed by atoms with Crippen molar-refractivity contribution in [2.24, 2.45) is 0 Å². The van der Waals surface area contributed by atoms with Crippen molar-refractivity contribution in [3.8, 4) is 0 Å². The lowest BCUT2D eigenvalue weighted by Gasteiger charge is -2.53. The van der Waals surface area contributed by atoms with Gasteiger partial charge in [0, 0.05) is 35.7 Å². The maximum absolute atomic E-state index is 6.15. The summed E-state index contributed by atoms with van der Waals surface area (Å²) in [6.07, 6.45) is 3.51. The van der Waals surface area contributed by atoms with Crippen molar-refractivity contribution in [2.45, 2.75) is 64.6 Å². The standard InChI is InChI=1S/C18H29ClN2/c1-5-17(4)13-20-18(6-2,7-3)14-21(17)12-15-9-8-10-16(19)11-15/h8-11,20H,5-7,12-14H2,1-4H3. The Labute approximate surface area is 134 Å². The number of hydrogen-bond acceptors (Lipinski definition) is 2. The van der Waals surface area contributed by atoms with Gasteiger partial charge < -0.3 is 5.32 Å². The third kappa shape index (κ3) is 3.61. The van der Waals surface area contributed by atoms with Crippen LogP contribution in [0.2, 0.25) is 5.02 Å². The van der Waals surface area contributed by atoms with E-state index in [2.05, 4.69) is 56.1 Å². The number of nitrogens with zero attached hydrogens (tertiary/aromatic N) is 1. The summed E-state index contributed by atoms with van der Waals surface area (Å²) in [4.78, 5) is 2.65. The molecule has 118 valence electrons. The van der Waals surface area contributed by atoms with Crippen molar-refractivity contribution < 1.29 is 0 Å². The average Bonchev–Trinajstić information content (AvgIpc) is 2.50. The zero-order valence-corrected chi connectivity index (χ0v) is 14.6. The second-order valence-electron chi connectivity index (χ2n) is 6.68. The van der Waals surface area contributed by atoms with Crippen LogP contribution in [-0.4, -0.2) is 29.1 Å². The molecule has 2 rings (SSSR count). The molecule has 0 bridgehead atoms. The molecule has 0 amide bonds. The van der Waals surface area contributed by atoms with Gasteiger partial charge >= 0.3 is 0 Å². The van der Waals surface area contributed by atoms with Gasteiger partial charge in [0.15, 0.2) is 0 Å².